The van der Waals surface area contributed by atoms with Crippen LogP contribution >= 0.6 is 0 Å². The molecule has 0 saturated heterocycles. The second-order valence-electron chi connectivity index (χ2n) is 5.17. The summed E-state index contributed by atoms with van der Waals surface area (Å²) in [6.45, 7) is 4.08. The van der Waals surface area contributed by atoms with E-state index in [4.69, 9.17) is 19.9 Å². The molecule has 1 rings (SSSR count). The van der Waals surface area contributed by atoms with Gasteiger partial charge in [0.2, 0.25) is 0 Å². The van der Waals surface area contributed by atoms with Gasteiger partial charge in [0.05, 0.1) is 39.0 Å². The molecule has 0 spiro atoms. The van der Waals surface area contributed by atoms with Gasteiger partial charge in [-0.25, -0.2) is 0 Å². The third-order valence-electron chi connectivity index (χ3n) is 3.21. The minimum Gasteiger partial charge on any atom is -0.496 e. The van der Waals surface area contributed by atoms with Crippen molar-refractivity contribution in [3.63, 3.8) is 0 Å². The molecule has 0 saturated carbocycles. The molecule has 20 heavy (non-hydrogen) atoms. The fraction of sp³-hybridized carbons (Fsp3) is 0.600. The number of methoxy groups -OCH3 is 3. The smallest absolute Gasteiger partial charge is 0.131 e. The lowest BCUT2D eigenvalue weighted by molar-refractivity contribution is 0.118. The van der Waals surface area contributed by atoms with E-state index in [1.54, 1.807) is 33.5 Å². The second-order valence-corrected chi connectivity index (χ2v) is 5.17. The summed E-state index contributed by atoms with van der Waals surface area (Å²) < 4.78 is 15.9. The summed E-state index contributed by atoms with van der Waals surface area (Å²) in [5, 5.41) is 10.2. The van der Waals surface area contributed by atoms with Crippen molar-refractivity contribution in [3.8, 4) is 17.2 Å². The van der Waals surface area contributed by atoms with E-state index in [2.05, 4.69) is 0 Å². The van der Waals surface area contributed by atoms with Crippen LogP contribution in [-0.2, 0) is 0 Å². The van der Waals surface area contributed by atoms with Crippen LogP contribution in [0.1, 0.15) is 31.9 Å². The van der Waals surface area contributed by atoms with E-state index in [0.29, 0.717) is 35.2 Å². The summed E-state index contributed by atoms with van der Waals surface area (Å²) in [4.78, 5) is 0. The van der Waals surface area contributed by atoms with Crippen molar-refractivity contribution < 1.29 is 19.3 Å². The van der Waals surface area contributed by atoms with Crippen molar-refractivity contribution >= 4 is 0 Å². The van der Waals surface area contributed by atoms with Crippen molar-refractivity contribution in [1.82, 2.24) is 0 Å². The first-order valence-corrected chi connectivity index (χ1v) is 6.68. The van der Waals surface area contributed by atoms with Gasteiger partial charge in [-0.2, -0.15) is 0 Å². The predicted molar refractivity (Wildman–Crippen MR) is 78.5 cm³/mol. The maximum absolute atomic E-state index is 10.2. The molecule has 114 valence electrons. The SMILES string of the molecule is COc1cc(OC)c([C@@H](N)[C@@H](O)CC(C)C)c(OC)c1. The first-order valence-electron chi connectivity index (χ1n) is 6.68. The zero-order valence-corrected chi connectivity index (χ0v) is 12.8. The minimum atomic E-state index is -0.661. The Labute approximate surface area is 120 Å². The highest BCUT2D eigenvalue weighted by atomic mass is 16.5. The van der Waals surface area contributed by atoms with Crippen molar-refractivity contribution in [2.24, 2.45) is 11.7 Å². The average Bonchev–Trinajstić information content (AvgIpc) is 2.43. The molecule has 0 aliphatic rings. The van der Waals surface area contributed by atoms with Crippen LogP contribution in [0.2, 0.25) is 0 Å². The highest BCUT2D eigenvalue weighted by Crippen LogP contribution is 2.39. The molecule has 5 nitrogen and oxygen atoms in total. The van der Waals surface area contributed by atoms with Gasteiger partial charge in [-0.05, 0) is 12.3 Å². The number of aliphatic hydroxyl groups excluding tert-OH is 1. The van der Waals surface area contributed by atoms with Crippen molar-refractivity contribution in [1.29, 1.82) is 0 Å². The summed E-state index contributed by atoms with van der Waals surface area (Å²) >= 11 is 0. The number of hydrogen-bond acceptors (Lipinski definition) is 5. The van der Waals surface area contributed by atoms with Gasteiger partial charge < -0.3 is 25.1 Å². The molecule has 0 radical (unpaired) electrons. The fourth-order valence-corrected chi connectivity index (χ4v) is 2.18. The summed E-state index contributed by atoms with van der Waals surface area (Å²) in [5.41, 5.74) is 6.84. The predicted octanol–water partition coefficient (Wildman–Crippen LogP) is 2.12. The molecule has 2 atom stereocenters. The van der Waals surface area contributed by atoms with Gasteiger partial charge >= 0.3 is 0 Å². The van der Waals surface area contributed by atoms with Gasteiger partial charge in [-0.1, -0.05) is 13.8 Å². The van der Waals surface area contributed by atoms with Crippen LogP contribution in [0.5, 0.6) is 17.2 Å². The van der Waals surface area contributed by atoms with Gasteiger partial charge in [0, 0.05) is 12.1 Å². The third kappa shape index (κ3) is 3.77. The fourth-order valence-electron chi connectivity index (χ4n) is 2.18. The molecular formula is C15H25NO4. The molecule has 0 aromatic heterocycles. The van der Waals surface area contributed by atoms with Crippen LogP contribution in [0.15, 0.2) is 12.1 Å². The zero-order chi connectivity index (χ0) is 15.3. The van der Waals surface area contributed by atoms with Gasteiger partial charge in [-0.15, -0.1) is 0 Å². The number of hydrogen-bond donors (Lipinski definition) is 2. The Bertz CT molecular complexity index is 409. The second kappa shape index (κ2) is 7.36. The van der Waals surface area contributed by atoms with Crippen molar-refractivity contribution in [2.45, 2.75) is 32.4 Å². The molecule has 5 heteroatoms. The minimum absolute atomic E-state index is 0.353. The lowest BCUT2D eigenvalue weighted by Gasteiger charge is -2.24. The Morgan fingerprint density at radius 1 is 1.05 bits per heavy atom. The van der Waals surface area contributed by atoms with Gasteiger partial charge in [0.25, 0.3) is 0 Å². The molecule has 0 unspecified atom stereocenters. The number of aliphatic hydroxyl groups is 1. The number of rotatable bonds is 7. The van der Waals surface area contributed by atoms with E-state index in [1.807, 2.05) is 13.8 Å². The normalized spacial score (nSPS) is 14.0. The van der Waals surface area contributed by atoms with E-state index in [1.165, 1.54) is 0 Å². The molecule has 0 aliphatic heterocycles. The van der Waals surface area contributed by atoms with Crippen molar-refractivity contribution in [2.75, 3.05) is 21.3 Å². The molecule has 0 fully saturated rings. The Hall–Kier alpha value is -1.46. The van der Waals surface area contributed by atoms with Crippen molar-refractivity contribution in [3.05, 3.63) is 17.7 Å². The maximum Gasteiger partial charge on any atom is 0.131 e. The Morgan fingerprint density at radius 3 is 1.90 bits per heavy atom. The molecule has 0 bridgehead atoms. The van der Waals surface area contributed by atoms with E-state index in [9.17, 15) is 5.11 Å². The largest absolute Gasteiger partial charge is 0.496 e. The van der Waals surface area contributed by atoms with E-state index >= 15 is 0 Å². The molecule has 0 amide bonds. The number of benzene rings is 1. The summed E-state index contributed by atoms with van der Waals surface area (Å²) in [7, 11) is 4.68. The van der Waals surface area contributed by atoms with Gasteiger partial charge in [0.1, 0.15) is 17.2 Å². The molecule has 1 aromatic carbocycles. The highest BCUT2D eigenvalue weighted by Gasteiger charge is 2.25. The molecule has 3 N–H and O–H groups in total. The number of ether oxygens (including phenoxy) is 3. The summed E-state index contributed by atoms with van der Waals surface area (Å²) in [5.74, 6) is 2.08. The van der Waals surface area contributed by atoms with Gasteiger partial charge in [-0.3, -0.25) is 0 Å². The monoisotopic (exact) mass is 283 g/mol. The third-order valence-corrected chi connectivity index (χ3v) is 3.21. The first-order chi connectivity index (χ1) is 9.44. The zero-order valence-electron chi connectivity index (χ0n) is 12.8. The van der Waals surface area contributed by atoms with Crippen LogP contribution in [0.4, 0.5) is 0 Å². The van der Waals surface area contributed by atoms with Crippen LogP contribution in [-0.4, -0.2) is 32.5 Å². The quantitative estimate of drug-likeness (QED) is 0.802. The topological polar surface area (TPSA) is 73.9 Å². The molecule has 0 aliphatic carbocycles. The molecule has 0 heterocycles. The standard InChI is InChI=1S/C15H25NO4/c1-9(2)6-11(17)15(16)14-12(19-4)7-10(18-3)8-13(14)20-5/h7-9,11,15,17H,6,16H2,1-5H3/t11-,15-/m0/s1. The molecular weight excluding hydrogens is 258 g/mol. The van der Waals surface area contributed by atoms with Gasteiger partial charge in [0.15, 0.2) is 0 Å². The number of nitrogens with two attached hydrogens (primary N) is 1. The van der Waals surface area contributed by atoms with Crippen LogP contribution in [0.25, 0.3) is 0 Å². The van der Waals surface area contributed by atoms with E-state index in [0.717, 1.165) is 0 Å². The summed E-state index contributed by atoms with van der Waals surface area (Å²) in [6, 6.07) is 2.90. The maximum atomic E-state index is 10.2. The van der Waals surface area contributed by atoms with Crippen LogP contribution < -0.4 is 19.9 Å². The Kier molecular flexibility index (Phi) is 6.10. The lowest BCUT2D eigenvalue weighted by Crippen LogP contribution is -2.28. The Balaban J connectivity index is 3.20. The molecule has 1 aromatic rings. The highest BCUT2D eigenvalue weighted by molar-refractivity contribution is 5.52. The van der Waals surface area contributed by atoms with E-state index < -0.39 is 12.1 Å². The summed E-state index contributed by atoms with van der Waals surface area (Å²) in [6.07, 6.45) is -0.0503. The average molecular weight is 283 g/mol. The van der Waals surface area contributed by atoms with Crippen LogP contribution in [0, 0.1) is 5.92 Å². The lowest BCUT2D eigenvalue weighted by atomic mass is 9.94. The Morgan fingerprint density at radius 2 is 1.55 bits per heavy atom. The van der Waals surface area contributed by atoms with Crippen LogP contribution in [0.3, 0.4) is 0 Å². The first kappa shape index (κ1) is 16.6. The van der Waals surface area contributed by atoms with E-state index in [-0.39, 0.29) is 0 Å².